The lowest BCUT2D eigenvalue weighted by atomic mass is 9.95. The molecule has 0 aromatic heterocycles. The third-order valence-electron chi connectivity index (χ3n) is 3.86. The molecule has 0 aliphatic heterocycles. The number of hydrogen-bond donors (Lipinski definition) is 0. The summed E-state index contributed by atoms with van der Waals surface area (Å²) in [5.74, 6) is 0. The van der Waals surface area contributed by atoms with Crippen LogP contribution in [0.2, 0.25) is 0 Å². The van der Waals surface area contributed by atoms with Gasteiger partial charge in [0.2, 0.25) is 0 Å². The van der Waals surface area contributed by atoms with Gasteiger partial charge in [0.25, 0.3) is 0 Å². The lowest BCUT2D eigenvalue weighted by molar-refractivity contribution is 1.33. The molecule has 0 radical (unpaired) electrons. The molecule has 0 fully saturated rings. The maximum absolute atomic E-state index is 4.25. The molecule has 0 heterocycles. The number of rotatable bonds is 3. The van der Waals surface area contributed by atoms with Crippen molar-refractivity contribution in [3.63, 3.8) is 0 Å². The summed E-state index contributed by atoms with van der Waals surface area (Å²) < 4.78 is 0. The molecule has 0 aliphatic rings. The molecule has 2 aromatic rings. The molecule has 2 rings (SSSR count). The largest absolute Gasteiger partial charge is 0.0909 e. The summed E-state index contributed by atoms with van der Waals surface area (Å²) in [5, 5.41) is 0. The molecule has 0 atom stereocenters. The van der Waals surface area contributed by atoms with E-state index >= 15 is 0 Å². The first-order valence-corrected chi connectivity index (χ1v) is 8.00. The summed E-state index contributed by atoms with van der Waals surface area (Å²) in [4.78, 5) is 0. The first kappa shape index (κ1) is 18.0. The van der Waals surface area contributed by atoms with E-state index in [0.29, 0.717) is 0 Å². The second kappa shape index (κ2) is 8.38. The van der Waals surface area contributed by atoms with Gasteiger partial charge in [0.1, 0.15) is 0 Å². The van der Waals surface area contributed by atoms with Crippen LogP contribution in [0.15, 0.2) is 54.6 Å². The Kier molecular flexibility index (Phi) is 6.85. The van der Waals surface area contributed by atoms with Crippen LogP contribution in [0, 0.1) is 20.8 Å². The Morgan fingerprint density at radius 3 is 2.09 bits per heavy atom. The van der Waals surface area contributed by atoms with Crippen LogP contribution in [-0.2, 0) is 0 Å². The third-order valence-corrected chi connectivity index (χ3v) is 3.86. The van der Waals surface area contributed by atoms with E-state index in [2.05, 4.69) is 82.8 Å². The highest BCUT2D eigenvalue weighted by Gasteiger charge is 2.04. The van der Waals surface area contributed by atoms with Crippen molar-refractivity contribution in [2.24, 2.45) is 0 Å². The molecule has 0 nitrogen and oxygen atoms in total. The Bertz CT molecular complexity index is 672. The number of allylic oxidation sites excluding steroid dienone is 2. The number of aryl methyl sites for hydroxylation is 3. The summed E-state index contributed by atoms with van der Waals surface area (Å²) in [7, 11) is 0. The molecule has 0 amide bonds. The van der Waals surface area contributed by atoms with E-state index in [9.17, 15) is 0 Å². The second-order valence-corrected chi connectivity index (χ2v) is 5.46. The van der Waals surface area contributed by atoms with Crippen LogP contribution < -0.4 is 0 Å². The van der Waals surface area contributed by atoms with Gasteiger partial charge < -0.3 is 0 Å². The molecule has 0 saturated heterocycles. The van der Waals surface area contributed by atoms with Gasteiger partial charge in [-0.25, -0.2) is 0 Å². The molecule has 0 heteroatoms. The molecule has 2 aromatic carbocycles. The highest BCUT2D eigenvalue weighted by atomic mass is 14.1. The minimum atomic E-state index is 1.10. The summed E-state index contributed by atoms with van der Waals surface area (Å²) in [6, 6.07) is 15.0. The van der Waals surface area contributed by atoms with Gasteiger partial charge in [-0.05, 0) is 66.7 Å². The number of benzene rings is 2. The Balaban J connectivity index is 0.00000116. The maximum Gasteiger partial charge on any atom is -0.0158 e. The first-order valence-electron chi connectivity index (χ1n) is 8.00. The van der Waals surface area contributed by atoms with Crippen molar-refractivity contribution in [3.05, 3.63) is 82.4 Å². The summed E-state index contributed by atoms with van der Waals surface area (Å²) in [6.07, 6.45) is 2.21. The van der Waals surface area contributed by atoms with Crippen LogP contribution in [0.5, 0.6) is 0 Å². The SMILES string of the molecule is C=C(/C(C)=C/c1ccc(C)c(C)c1)c1ccccc1C.CC. The van der Waals surface area contributed by atoms with Gasteiger partial charge in [0, 0.05) is 0 Å². The van der Waals surface area contributed by atoms with E-state index < -0.39 is 0 Å². The fourth-order valence-corrected chi connectivity index (χ4v) is 2.32. The van der Waals surface area contributed by atoms with Crippen molar-refractivity contribution >= 4 is 11.6 Å². The molecule has 116 valence electrons. The smallest absolute Gasteiger partial charge is 0.0158 e. The Morgan fingerprint density at radius 2 is 1.50 bits per heavy atom. The first-order chi connectivity index (χ1) is 10.5. The predicted molar refractivity (Wildman–Crippen MR) is 101 cm³/mol. The van der Waals surface area contributed by atoms with Crippen LogP contribution in [0.4, 0.5) is 0 Å². The molecule has 0 bridgehead atoms. The summed E-state index contributed by atoms with van der Waals surface area (Å²) in [5.41, 5.74) is 8.70. The van der Waals surface area contributed by atoms with Gasteiger partial charge in [-0.15, -0.1) is 0 Å². The molecule has 0 unspecified atom stereocenters. The van der Waals surface area contributed by atoms with Crippen molar-refractivity contribution in [2.75, 3.05) is 0 Å². The van der Waals surface area contributed by atoms with Crippen molar-refractivity contribution in [2.45, 2.75) is 41.5 Å². The quantitative estimate of drug-likeness (QED) is 0.548. The maximum atomic E-state index is 4.25. The minimum Gasteiger partial charge on any atom is -0.0909 e. The minimum absolute atomic E-state index is 1.10. The van der Waals surface area contributed by atoms with Gasteiger partial charge in [-0.1, -0.05) is 69.0 Å². The highest BCUT2D eigenvalue weighted by Crippen LogP contribution is 2.25. The van der Waals surface area contributed by atoms with E-state index in [1.165, 1.54) is 33.4 Å². The zero-order chi connectivity index (χ0) is 16.7. The van der Waals surface area contributed by atoms with Crippen LogP contribution >= 0.6 is 0 Å². The number of hydrogen-bond acceptors (Lipinski definition) is 0. The normalized spacial score (nSPS) is 10.7. The molecular formula is C22H28. The Hall–Kier alpha value is -2.08. The van der Waals surface area contributed by atoms with E-state index in [1.807, 2.05) is 13.8 Å². The zero-order valence-electron chi connectivity index (χ0n) is 14.8. The average Bonchev–Trinajstić information content (AvgIpc) is 2.52. The van der Waals surface area contributed by atoms with Gasteiger partial charge in [0.15, 0.2) is 0 Å². The van der Waals surface area contributed by atoms with Crippen LogP contribution in [0.1, 0.15) is 48.6 Å². The van der Waals surface area contributed by atoms with Crippen molar-refractivity contribution in [3.8, 4) is 0 Å². The molecule has 22 heavy (non-hydrogen) atoms. The summed E-state index contributed by atoms with van der Waals surface area (Å²) in [6.45, 7) is 16.8. The van der Waals surface area contributed by atoms with Gasteiger partial charge in [0.05, 0.1) is 0 Å². The van der Waals surface area contributed by atoms with E-state index in [0.717, 1.165) is 5.57 Å². The van der Waals surface area contributed by atoms with Gasteiger partial charge in [-0.3, -0.25) is 0 Å². The molecule has 0 aliphatic carbocycles. The Morgan fingerprint density at radius 1 is 0.864 bits per heavy atom. The molecule has 0 spiro atoms. The second-order valence-electron chi connectivity index (χ2n) is 5.46. The standard InChI is InChI=1S/C20H22.C2H6/c1-14-10-11-19(12-16(14)3)13-17(4)18(5)20-9-7-6-8-15(20)2;1-2/h6-13H,5H2,1-4H3;1-2H3/b17-13+;. The van der Waals surface area contributed by atoms with Crippen LogP contribution in [0.25, 0.3) is 11.6 Å². The monoisotopic (exact) mass is 292 g/mol. The molecular weight excluding hydrogens is 264 g/mol. The van der Waals surface area contributed by atoms with Gasteiger partial charge >= 0.3 is 0 Å². The van der Waals surface area contributed by atoms with E-state index in [-0.39, 0.29) is 0 Å². The van der Waals surface area contributed by atoms with E-state index in [1.54, 1.807) is 0 Å². The van der Waals surface area contributed by atoms with Gasteiger partial charge in [-0.2, -0.15) is 0 Å². The predicted octanol–water partition coefficient (Wildman–Crippen LogP) is 6.75. The third kappa shape index (κ3) is 4.46. The topological polar surface area (TPSA) is 0 Å². The lowest BCUT2D eigenvalue weighted by Gasteiger charge is -2.10. The molecule has 0 N–H and O–H groups in total. The van der Waals surface area contributed by atoms with Crippen LogP contribution in [0.3, 0.4) is 0 Å². The van der Waals surface area contributed by atoms with Crippen molar-refractivity contribution in [1.29, 1.82) is 0 Å². The molecule has 0 saturated carbocycles. The summed E-state index contributed by atoms with van der Waals surface area (Å²) >= 11 is 0. The fourth-order valence-electron chi connectivity index (χ4n) is 2.32. The fraction of sp³-hybridized carbons (Fsp3) is 0.273. The highest BCUT2D eigenvalue weighted by molar-refractivity contribution is 5.83. The van der Waals surface area contributed by atoms with E-state index in [4.69, 9.17) is 0 Å². The van der Waals surface area contributed by atoms with Crippen molar-refractivity contribution < 1.29 is 0 Å². The van der Waals surface area contributed by atoms with Crippen LogP contribution in [-0.4, -0.2) is 0 Å². The average molecular weight is 292 g/mol. The lowest BCUT2D eigenvalue weighted by Crippen LogP contribution is -1.89. The Labute approximate surface area is 136 Å². The van der Waals surface area contributed by atoms with Crippen molar-refractivity contribution in [1.82, 2.24) is 0 Å². The zero-order valence-corrected chi connectivity index (χ0v) is 14.8.